The predicted molar refractivity (Wildman–Crippen MR) is 169 cm³/mol. The molecule has 2 aromatic carbocycles. The molecule has 0 aromatic heterocycles. The summed E-state index contributed by atoms with van der Waals surface area (Å²) in [5.74, 6) is 2.81. The van der Waals surface area contributed by atoms with Crippen molar-refractivity contribution in [3.8, 4) is 11.8 Å². The second-order valence-electron chi connectivity index (χ2n) is 11.7. The number of rotatable bonds is 12. The minimum absolute atomic E-state index is 0.0498. The highest BCUT2D eigenvalue weighted by Crippen LogP contribution is 2.26. The molecule has 2 aliphatic heterocycles. The Morgan fingerprint density at radius 1 is 0.870 bits per heavy atom. The molecule has 0 unspecified atom stereocenters. The number of anilines is 1. The number of carbonyl (C=O) groups is 6. The quantitative estimate of drug-likeness (QED) is 0.259. The Balaban J connectivity index is 1.23. The molecule has 1 fully saturated rings. The van der Waals surface area contributed by atoms with Crippen LogP contribution in [0.1, 0.15) is 62.6 Å². The van der Waals surface area contributed by atoms with Gasteiger partial charge in [0.15, 0.2) is 0 Å². The lowest BCUT2D eigenvalue weighted by Crippen LogP contribution is -2.53. The Morgan fingerprint density at radius 2 is 1.54 bits per heavy atom. The molecule has 46 heavy (non-hydrogen) atoms. The Hall–Kier alpha value is -5.18. The zero-order valence-corrected chi connectivity index (χ0v) is 26.0. The number of hydrogen-bond donors (Lipinski definition) is 4. The highest BCUT2D eigenvalue weighted by Gasteiger charge is 2.36. The summed E-state index contributed by atoms with van der Waals surface area (Å²) in [5, 5.41) is 16.9. The Labute approximate surface area is 267 Å². The number of nitrogens with one attached hydrogen (secondary N) is 3. The van der Waals surface area contributed by atoms with Crippen molar-refractivity contribution >= 4 is 41.2 Å². The molecule has 2 heterocycles. The molecular formula is C34H39N5O7. The fourth-order valence-corrected chi connectivity index (χ4v) is 5.47. The van der Waals surface area contributed by atoms with E-state index in [1.54, 1.807) is 4.90 Å². The Morgan fingerprint density at radius 3 is 2.28 bits per heavy atom. The van der Waals surface area contributed by atoms with Gasteiger partial charge in [-0.1, -0.05) is 56.0 Å². The lowest BCUT2D eigenvalue weighted by Gasteiger charge is -2.26. The van der Waals surface area contributed by atoms with Crippen LogP contribution >= 0.6 is 0 Å². The van der Waals surface area contributed by atoms with Crippen LogP contribution in [0.2, 0.25) is 0 Å². The molecule has 2 aliphatic rings. The van der Waals surface area contributed by atoms with Crippen LogP contribution in [-0.4, -0.2) is 77.2 Å². The standard InChI is InChI=1S/C34H39N5O7/c1-22(2)18-26(34(45)46)37-33(44)28-12-7-17-38(28)32(43)20-36-30(41)19-35-29(40)15-16-31(42)39-21-25-10-4-3-8-23(25)13-14-24-9-5-6-11-27(24)39/h3-6,8-11,22,26,28H,7,12,15-21H2,1-2H3,(H,35,40)(H,36,41)(H,37,44)(H,45,46)/t26-,28-/m0/s1. The van der Waals surface area contributed by atoms with Gasteiger partial charge in [0.1, 0.15) is 12.1 Å². The number of carboxylic acids is 1. The number of nitrogens with zero attached hydrogens (tertiary/aromatic N) is 2. The number of amides is 5. The molecule has 0 spiro atoms. The number of hydrogen-bond acceptors (Lipinski definition) is 6. The molecule has 4 N–H and O–H groups in total. The molecule has 0 bridgehead atoms. The molecule has 0 saturated carbocycles. The zero-order valence-electron chi connectivity index (χ0n) is 26.0. The van der Waals surface area contributed by atoms with Gasteiger partial charge in [-0.2, -0.15) is 0 Å². The van der Waals surface area contributed by atoms with Crippen LogP contribution in [0.5, 0.6) is 0 Å². The molecule has 12 heteroatoms. The highest BCUT2D eigenvalue weighted by molar-refractivity contribution is 5.97. The number of fused-ring (bicyclic) bond motifs is 2. The van der Waals surface area contributed by atoms with Crippen molar-refractivity contribution in [3.63, 3.8) is 0 Å². The van der Waals surface area contributed by atoms with E-state index in [2.05, 4.69) is 27.8 Å². The maximum absolute atomic E-state index is 13.3. The molecule has 0 aliphatic carbocycles. The Kier molecular flexibility index (Phi) is 11.5. The maximum Gasteiger partial charge on any atom is 0.326 e. The first-order chi connectivity index (χ1) is 22.0. The summed E-state index contributed by atoms with van der Waals surface area (Å²) < 4.78 is 0. The van der Waals surface area contributed by atoms with Crippen LogP contribution in [0.4, 0.5) is 5.69 Å². The summed E-state index contributed by atoms with van der Waals surface area (Å²) in [6.07, 6.45) is 0.978. The third kappa shape index (κ3) is 8.94. The minimum Gasteiger partial charge on any atom is -0.480 e. The summed E-state index contributed by atoms with van der Waals surface area (Å²) in [4.78, 5) is 78.3. The van der Waals surface area contributed by atoms with Gasteiger partial charge in [-0.25, -0.2) is 4.79 Å². The predicted octanol–water partition coefficient (Wildman–Crippen LogP) is 1.55. The van der Waals surface area contributed by atoms with E-state index in [0.29, 0.717) is 37.2 Å². The average molecular weight is 630 g/mol. The number of carbonyl (C=O) groups excluding carboxylic acids is 5. The third-order valence-corrected chi connectivity index (χ3v) is 7.82. The monoisotopic (exact) mass is 629 g/mol. The topological polar surface area (TPSA) is 165 Å². The van der Waals surface area contributed by atoms with Gasteiger partial charge in [-0.3, -0.25) is 24.0 Å². The first-order valence-corrected chi connectivity index (χ1v) is 15.4. The molecule has 5 amide bonds. The molecule has 1 saturated heterocycles. The summed E-state index contributed by atoms with van der Waals surface area (Å²) in [5.41, 5.74) is 3.09. The van der Waals surface area contributed by atoms with Crippen molar-refractivity contribution in [1.82, 2.24) is 20.9 Å². The largest absolute Gasteiger partial charge is 0.480 e. The van der Waals surface area contributed by atoms with Crippen LogP contribution in [0.3, 0.4) is 0 Å². The molecule has 0 radical (unpaired) electrons. The van der Waals surface area contributed by atoms with Gasteiger partial charge < -0.3 is 30.9 Å². The van der Waals surface area contributed by atoms with Crippen LogP contribution in [0.25, 0.3) is 0 Å². The van der Waals surface area contributed by atoms with Crippen LogP contribution in [0, 0.1) is 17.8 Å². The van der Waals surface area contributed by atoms with Crippen molar-refractivity contribution in [1.29, 1.82) is 0 Å². The molecule has 2 atom stereocenters. The highest BCUT2D eigenvalue weighted by atomic mass is 16.4. The number of aliphatic carboxylic acids is 1. The van der Waals surface area contributed by atoms with Crippen LogP contribution in [0.15, 0.2) is 48.5 Å². The van der Waals surface area contributed by atoms with Crippen molar-refractivity contribution in [2.75, 3.05) is 24.5 Å². The number of benzene rings is 2. The van der Waals surface area contributed by atoms with E-state index in [0.717, 1.165) is 11.1 Å². The third-order valence-electron chi connectivity index (χ3n) is 7.82. The SMILES string of the molecule is CC(C)C[C@H](NC(=O)[C@@H]1CCCN1C(=O)CNC(=O)CNC(=O)CCC(=O)N1Cc2ccccc2C#Cc2ccccc21)C(=O)O. The van der Waals surface area contributed by atoms with E-state index in [1.807, 2.05) is 62.4 Å². The van der Waals surface area contributed by atoms with Gasteiger partial charge in [0.05, 0.1) is 25.3 Å². The smallest absolute Gasteiger partial charge is 0.326 e. The van der Waals surface area contributed by atoms with E-state index < -0.39 is 48.2 Å². The first-order valence-electron chi connectivity index (χ1n) is 15.4. The van der Waals surface area contributed by atoms with Gasteiger partial charge in [-0.15, -0.1) is 0 Å². The zero-order chi connectivity index (χ0) is 33.2. The second-order valence-corrected chi connectivity index (χ2v) is 11.7. The van der Waals surface area contributed by atoms with Crippen molar-refractivity contribution in [2.45, 2.75) is 64.6 Å². The van der Waals surface area contributed by atoms with Crippen molar-refractivity contribution < 1.29 is 33.9 Å². The molecule has 242 valence electrons. The number of likely N-dealkylation sites (tertiary alicyclic amines) is 1. The van der Waals surface area contributed by atoms with E-state index >= 15 is 0 Å². The minimum atomic E-state index is -1.14. The summed E-state index contributed by atoms with van der Waals surface area (Å²) >= 11 is 0. The van der Waals surface area contributed by atoms with Gasteiger partial charge >= 0.3 is 5.97 Å². The molecule has 4 rings (SSSR count). The van der Waals surface area contributed by atoms with Gasteiger partial charge in [0.25, 0.3) is 0 Å². The molecular weight excluding hydrogens is 590 g/mol. The summed E-state index contributed by atoms with van der Waals surface area (Å²) in [6, 6.07) is 13.0. The van der Waals surface area contributed by atoms with Crippen LogP contribution in [-0.2, 0) is 35.3 Å². The lowest BCUT2D eigenvalue weighted by atomic mass is 10.0. The molecule has 12 nitrogen and oxygen atoms in total. The van der Waals surface area contributed by atoms with Crippen LogP contribution < -0.4 is 20.9 Å². The van der Waals surface area contributed by atoms with E-state index in [-0.39, 0.29) is 37.6 Å². The van der Waals surface area contributed by atoms with Crippen molar-refractivity contribution in [3.05, 3.63) is 65.2 Å². The summed E-state index contributed by atoms with van der Waals surface area (Å²) in [7, 11) is 0. The van der Waals surface area contributed by atoms with E-state index in [4.69, 9.17) is 0 Å². The molecule has 2 aromatic rings. The Bertz CT molecular complexity index is 1560. The maximum atomic E-state index is 13.3. The van der Waals surface area contributed by atoms with Gasteiger partial charge in [0.2, 0.25) is 29.5 Å². The average Bonchev–Trinajstić information content (AvgIpc) is 3.52. The van der Waals surface area contributed by atoms with Crippen molar-refractivity contribution in [2.24, 2.45) is 5.92 Å². The first kappa shape index (κ1) is 33.7. The van der Waals surface area contributed by atoms with Gasteiger partial charge in [-0.05, 0) is 48.9 Å². The second kappa shape index (κ2) is 15.7. The van der Waals surface area contributed by atoms with E-state index in [9.17, 15) is 33.9 Å². The fourth-order valence-electron chi connectivity index (χ4n) is 5.47. The fraction of sp³-hybridized carbons (Fsp3) is 0.412. The number of carboxylic acid groups (broad SMARTS) is 1. The van der Waals surface area contributed by atoms with E-state index in [1.165, 1.54) is 4.90 Å². The lowest BCUT2D eigenvalue weighted by molar-refractivity contribution is -0.144. The summed E-state index contributed by atoms with van der Waals surface area (Å²) in [6.45, 7) is 3.53. The normalized spacial score (nSPS) is 15.7. The van der Waals surface area contributed by atoms with Gasteiger partial charge in [0, 0.05) is 30.5 Å². The number of para-hydroxylation sites is 1.